The first kappa shape index (κ1) is 16.1. The van der Waals surface area contributed by atoms with Gasteiger partial charge in [0.25, 0.3) is 0 Å². The van der Waals surface area contributed by atoms with Crippen molar-refractivity contribution < 1.29 is 16.8 Å². The van der Waals surface area contributed by atoms with E-state index in [1.807, 2.05) is 0 Å². The van der Waals surface area contributed by atoms with Crippen LogP contribution in [0.1, 0.15) is 18.0 Å². The lowest BCUT2D eigenvalue weighted by Gasteiger charge is -2.16. The van der Waals surface area contributed by atoms with Crippen LogP contribution < -0.4 is 0 Å². The van der Waals surface area contributed by atoms with Gasteiger partial charge in [-0.3, -0.25) is 10.1 Å². The van der Waals surface area contributed by atoms with Gasteiger partial charge in [0.15, 0.2) is 9.84 Å². The van der Waals surface area contributed by atoms with E-state index in [9.17, 15) is 16.8 Å². The zero-order valence-corrected chi connectivity index (χ0v) is 14.0. The predicted molar refractivity (Wildman–Crippen MR) is 82.1 cm³/mol. The van der Waals surface area contributed by atoms with E-state index in [1.54, 1.807) is 6.07 Å². The van der Waals surface area contributed by atoms with Crippen LogP contribution in [0.2, 0.25) is 0 Å². The van der Waals surface area contributed by atoms with Crippen LogP contribution in [-0.2, 0) is 19.9 Å². The normalized spacial score (nSPS) is 20.0. The fourth-order valence-electron chi connectivity index (χ4n) is 2.70. The molecule has 0 unspecified atom stereocenters. The summed E-state index contributed by atoms with van der Waals surface area (Å²) in [6.07, 6.45) is 5.73. The molecule has 8 nitrogen and oxygen atoms in total. The van der Waals surface area contributed by atoms with E-state index in [-0.39, 0.29) is 22.3 Å². The molecule has 1 atom stereocenters. The van der Waals surface area contributed by atoms with Crippen molar-refractivity contribution in [2.75, 3.05) is 19.3 Å². The van der Waals surface area contributed by atoms with Gasteiger partial charge in [0.1, 0.15) is 9.79 Å². The highest BCUT2D eigenvalue weighted by molar-refractivity contribution is 7.90. The average Bonchev–Trinajstić information content (AvgIpc) is 3.16. The molecule has 3 rings (SSSR count). The molecule has 1 saturated heterocycles. The summed E-state index contributed by atoms with van der Waals surface area (Å²) >= 11 is 0. The van der Waals surface area contributed by atoms with Crippen LogP contribution in [0.3, 0.4) is 0 Å². The minimum Gasteiger partial charge on any atom is -0.281 e. The number of sulfonamides is 1. The SMILES string of the molecule is CS(=O)(=O)c1cn[nH]c1[C@@H]1CCN(S(=O)(=O)c2cccnc2)C1. The second kappa shape index (κ2) is 5.69. The van der Waals surface area contributed by atoms with Gasteiger partial charge in [0.2, 0.25) is 10.0 Å². The van der Waals surface area contributed by atoms with Gasteiger partial charge >= 0.3 is 0 Å². The third-order valence-electron chi connectivity index (χ3n) is 3.86. The first-order valence-corrected chi connectivity index (χ1v) is 10.3. The van der Waals surface area contributed by atoms with Gasteiger partial charge in [0, 0.05) is 37.7 Å². The fourth-order valence-corrected chi connectivity index (χ4v) is 5.02. The highest BCUT2D eigenvalue weighted by Crippen LogP contribution is 2.32. The van der Waals surface area contributed by atoms with Gasteiger partial charge < -0.3 is 0 Å². The lowest BCUT2D eigenvalue weighted by Crippen LogP contribution is -2.28. The van der Waals surface area contributed by atoms with E-state index in [0.29, 0.717) is 18.7 Å². The molecular formula is C13H16N4O4S2. The van der Waals surface area contributed by atoms with E-state index in [4.69, 9.17) is 0 Å². The Morgan fingerprint density at radius 2 is 2.04 bits per heavy atom. The van der Waals surface area contributed by atoms with Crippen LogP contribution in [0.4, 0.5) is 0 Å². The monoisotopic (exact) mass is 356 g/mol. The Bertz CT molecular complexity index is 906. The maximum absolute atomic E-state index is 12.6. The molecule has 1 aliphatic rings. The summed E-state index contributed by atoms with van der Waals surface area (Å²) in [5.74, 6) is -0.228. The van der Waals surface area contributed by atoms with E-state index >= 15 is 0 Å². The third kappa shape index (κ3) is 3.01. The molecule has 1 aliphatic heterocycles. The number of rotatable bonds is 4. The lowest BCUT2D eigenvalue weighted by atomic mass is 10.1. The fraction of sp³-hybridized carbons (Fsp3) is 0.385. The quantitative estimate of drug-likeness (QED) is 0.848. The largest absolute Gasteiger partial charge is 0.281 e. The highest BCUT2D eigenvalue weighted by Gasteiger charge is 2.36. The summed E-state index contributed by atoms with van der Waals surface area (Å²) < 4.78 is 50.0. The number of nitrogens with one attached hydrogen (secondary N) is 1. The number of pyridine rings is 1. The maximum Gasteiger partial charge on any atom is 0.244 e. The summed E-state index contributed by atoms with van der Waals surface area (Å²) in [7, 11) is -7.03. The summed E-state index contributed by atoms with van der Waals surface area (Å²) in [5.41, 5.74) is 0.469. The van der Waals surface area contributed by atoms with Crippen molar-refractivity contribution >= 4 is 19.9 Å². The summed E-state index contributed by atoms with van der Waals surface area (Å²) in [6, 6.07) is 3.06. The molecule has 0 aliphatic carbocycles. The third-order valence-corrected chi connectivity index (χ3v) is 6.84. The van der Waals surface area contributed by atoms with Crippen molar-refractivity contribution in [2.45, 2.75) is 22.1 Å². The Balaban J connectivity index is 1.87. The van der Waals surface area contributed by atoms with Crippen LogP contribution in [0.5, 0.6) is 0 Å². The van der Waals surface area contributed by atoms with E-state index in [2.05, 4.69) is 15.2 Å². The molecule has 0 radical (unpaired) electrons. The first-order chi connectivity index (χ1) is 10.8. The number of H-pyrrole nitrogens is 1. The molecule has 0 aromatic carbocycles. The molecule has 0 saturated carbocycles. The summed E-state index contributed by atoms with van der Waals surface area (Å²) in [6.45, 7) is 0.534. The minimum absolute atomic E-state index is 0.128. The van der Waals surface area contributed by atoms with E-state index in [0.717, 1.165) is 6.26 Å². The van der Waals surface area contributed by atoms with Gasteiger partial charge in [-0.1, -0.05) is 0 Å². The molecule has 0 amide bonds. The molecule has 2 aromatic rings. The number of hydrogen-bond acceptors (Lipinski definition) is 6. The van der Waals surface area contributed by atoms with E-state index < -0.39 is 19.9 Å². The molecule has 1 N–H and O–H groups in total. The molecule has 2 aromatic heterocycles. The summed E-state index contributed by atoms with van der Waals surface area (Å²) in [5, 5.41) is 6.50. The van der Waals surface area contributed by atoms with Crippen molar-refractivity contribution in [1.82, 2.24) is 19.5 Å². The maximum atomic E-state index is 12.6. The molecule has 0 bridgehead atoms. The number of aromatic nitrogens is 3. The van der Waals surface area contributed by atoms with Crippen molar-refractivity contribution in [3.05, 3.63) is 36.4 Å². The number of aromatic amines is 1. The minimum atomic E-state index is -3.62. The second-order valence-electron chi connectivity index (χ2n) is 5.46. The molecule has 23 heavy (non-hydrogen) atoms. The molecule has 3 heterocycles. The second-order valence-corrected chi connectivity index (χ2v) is 9.38. The zero-order valence-electron chi connectivity index (χ0n) is 12.4. The number of sulfone groups is 1. The van der Waals surface area contributed by atoms with Gasteiger partial charge in [-0.05, 0) is 18.6 Å². The molecular weight excluding hydrogens is 340 g/mol. The Morgan fingerprint density at radius 1 is 1.26 bits per heavy atom. The van der Waals surface area contributed by atoms with Crippen LogP contribution in [0, 0.1) is 0 Å². The average molecular weight is 356 g/mol. The van der Waals surface area contributed by atoms with E-state index in [1.165, 1.54) is 29.0 Å². The highest BCUT2D eigenvalue weighted by atomic mass is 32.2. The Morgan fingerprint density at radius 3 is 2.70 bits per heavy atom. The Labute approximate surface area is 134 Å². The van der Waals surface area contributed by atoms with Crippen LogP contribution in [-0.4, -0.2) is 55.7 Å². The van der Waals surface area contributed by atoms with Gasteiger partial charge in [0.05, 0.1) is 11.9 Å². The standard InChI is InChI=1S/C13H16N4O4S2/c1-22(18,19)12-8-15-16-13(12)10-4-6-17(9-10)23(20,21)11-3-2-5-14-7-11/h2-3,5,7-8,10H,4,6,9H2,1H3,(H,15,16)/t10-/m1/s1. The van der Waals surface area contributed by atoms with Crippen molar-refractivity contribution in [3.8, 4) is 0 Å². The molecule has 0 spiro atoms. The van der Waals surface area contributed by atoms with Gasteiger partial charge in [-0.15, -0.1) is 0 Å². The summed E-state index contributed by atoms with van der Waals surface area (Å²) in [4.78, 5) is 4.10. The van der Waals surface area contributed by atoms with Crippen molar-refractivity contribution in [3.63, 3.8) is 0 Å². The lowest BCUT2D eigenvalue weighted by molar-refractivity contribution is 0.471. The topological polar surface area (TPSA) is 113 Å². The molecule has 1 fully saturated rings. The molecule has 10 heteroatoms. The van der Waals surface area contributed by atoms with Crippen LogP contribution in [0.15, 0.2) is 40.5 Å². The zero-order chi connectivity index (χ0) is 16.7. The van der Waals surface area contributed by atoms with Gasteiger partial charge in [-0.25, -0.2) is 16.8 Å². The van der Waals surface area contributed by atoms with Crippen LogP contribution >= 0.6 is 0 Å². The Kier molecular flexibility index (Phi) is 3.98. The van der Waals surface area contributed by atoms with Crippen molar-refractivity contribution in [1.29, 1.82) is 0 Å². The van der Waals surface area contributed by atoms with Crippen molar-refractivity contribution in [2.24, 2.45) is 0 Å². The predicted octanol–water partition coefficient (Wildman–Crippen LogP) is 0.386. The Hall–Kier alpha value is -1.78. The number of nitrogens with zero attached hydrogens (tertiary/aromatic N) is 3. The molecule has 124 valence electrons. The smallest absolute Gasteiger partial charge is 0.244 e. The first-order valence-electron chi connectivity index (χ1n) is 6.93. The van der Waals surface area contributed by atoms with Gasteiger partial charge in [-0.2, -0.15) is 9.40 Å². The van der Waals surface area contributed by atoms with Crippen LogP contribution in [0.25, 0.3) is 0 Å². The number of hydrogen-bond donors (Lipinski definition) is 1.